The maximum absolute atomic E-state index is 12.3. The minimum atomic E-state index is -3.89. The lowest BCUT2D eigenvalue weighted by Crippen LogP contribution is -2.50. The summed E-state index contributed by atoms with van der Waals surface area (Å²) in [5, 5.41) is 2.70. The third-order valence-corrected chi connectivity index (χ3v) is 5.13. The van der Waals surface area contributed by atoms with Gasteiger partial charge in [-0.3, -0.25) is 4.79 Å². The van der Waals surface area contributed by atoms with Gasteiger partial charge in [-0.05, 0) is 37.5 Å². The Balaban J connectivity index is 2.31. The van der Waals surface area contributed by atoms with Crippen molar-refractivity contribution in [3.05, 3.63) is 22.7 Å². The molecule has 20 heavy (non-hydrogen) atoms. The molecule has 0 aliphatic carbocycles. The fraction of sp³-hybridized carbons (Fsp3) is 0.417. The molecule has 0 bridgehead atoms. The molecule has 0 saturated carbocycles. The number of piperidine rings is 1. The van der Waals surface area contributed by atoms with Crippen molar-refractivity contribution < 1.29 is 13.2 Å². The largest absolute Gasteiger partial charge is 0.398 e. The molecule has 6 nitrogen and oxygen atoms in total. The van der Waals surface area contributed by atoms with Gasteiger partial charge in [0, 0.05) is 12.2 Å². The minimum absolute atomic E-state index is 0.0837. The van der Waals surface area contributed by atoms with Gasteiger partial charge in [0.1, 0.15) is 10.9 Å². The average molecular weight is 318 g/mol. The number of hydrogen-bond donors (Lipinski definition) is 3. The predicted octanol–water partition coefficient (Wildman–Crippen LogP) is 0.788. The Kier molecular flexibility index (Phi) is 4.22. The molecular weight excluding hydrogens is 302 g/mol. The zero-order chi connectivity index (χ0) is 14.9. The molecule has 1 saturated heterocycles. The first-order valence-corrected chi connectivity index (χ1v) is 8.03. The molecule has 2 rings (SSSR count). The highest BCUT2D eigenvalue weighted by molar-refractivity contribution is 7.89. The van der Waals surface area contributed by atoms with E-state index in [1.54, 1.807) is 6.92 Å². The van der Waals surface area contributed by atoms with Crippen LogP contribution in [0.15, 0.2) is 17.0 Å². The van der Waals surface area contributed by atoms with Gasteiger partial charge in [-0.1, -0.05) is 11.6 Å². The van der Waals surface area contributed by atoms with Gasteiger partial charge in [0.15, 0.2) is 0 Å². The van der Waals surface area contributed by atoms with Crippen LogP contribution < -0.4 is 15.8 Å². The number of sulfonamides is 1. The third-order valence-electron chi connectivity index (χ3n) is 3.19. The first kappa shape index (κ1) is 15.1. The number of halogens is 1. The van der Waals surface area contributed by atoms with Crippen LogP contribution in [-0.4, -0.2) is 26.9 Å². The van der Waals surface area contributed by atoms with Crippen molar-refractivity contribution >= 4 is 33.2 Å². The minimum Gasteiger partial charge on any atom is -0.398 e. The van der Waals surface area contributed by atoms with Crippen LogP contribution in [0.25, 0.3) is 0 Å². The van der Waals surface area contributed by atoms with Crippen molar-refractivity contribution in [2.45, 2.75) is 30.7 Å². The van der Waals surface area contributed by atoms with Crippen molar-refractivity contribution in [1.29, 1.82) is 0 Å². The number of benzene rings is 1. The molecule has 1 aromatic carbocycles. The summed E-state index contributed by atoms with van der Waals surface area (Å²) in [6.45, 7) is 2.30. The van der Waals surface area contributed by atoms with Crippen molar-refractivity contribution in [2.75, 3.05) is 12.3 Å². The first-order valence-electron chi connectivity index (χ1n) is 6.17. The van der Waals surface area contributed by atoms with E-state index in [4.69, 9.17) is 17.3 Å². The van der Waals surface area contributed by atoms with E-state index in [1.807, 2.05) is 0 Å². The Bertz CT molecular complexity index is 646. The molecule has 1 heterocycles. The molecule has 1 aliphatic rings. The van der Waals surface area contributed by atoms with Gasteiger partial charge in [0.05, 0.1) is 5.02 Å². The molecule has 4 N–H and O–H groups in total. The fourth-order valence-electron chi connectivity index (χ4n) is 2.01. The fourth-order valence-corrected chi connectivity index (χ4v) is 3.86. The Labute approximate surface area is 122 Å². The van der Waals surface area contributed by atoms with Crippen LogP contribution in [0.2, 0.25) is 5.02 Å². The standard InChI is InChI=1S/C12H16ClN3O3S/c1-7-5-8(13)11(6-9(7)14)20(18,19)16-10-3-2-4-15-12(10)17/h5-6,10,16H,2-4,14H2,1H3,(H,15,17). The van der Waals surface area contributed by atoms with Gasteiger partial charge in [0.2, 0.25) is 15.9 Å². The van der Waals surface area contributed by atoms with E-state index in [-0.39, 0.29) is 15.8 Å². The number of carbonyl (C=O) groups is 1. The lowest BCUT2D eigenvalue weighted by atomic mass is 10.1. The average Bonchev–Trinajstić information content (AvgIpc) is 2.36. The third kappa shape index (κ3) is 3.05. The van der Waals surface area contributed by atoms with Gasteiger partial charge in [-0.15, -0.1) is 0 Å². The summed E-state index contributed by atoms with van der Waals surface area (Å²) in [5.41, 5.74) is 6.75. The summed E-state index contributed by atoms with van der Waals surface area (Å²) in [7, 11) is -3.89. The predicted molar refractivity (Wildman–Crippen MR) is 77.0 cm³/mol. The smallest absolute Gasteiger partial charge is 0.242 e. The van der Waals surface area contributed by atoms with E-state index in [9.17, 15) is 13.2 Å². The van der Waals surface area contributed by atoms with E-state index in [1.165, 1.54) is 12.1 Å². The molecule has 0 spiro atoms. The molecule has 8 heteroatoms. The summed E-state index contributed by atoms with van der Waals surface area (Å²) in [5.74, 6) is -0.323. The summed E-state index contributed by atoms with van der Waals surface area (Å²) in [6, 6.07) is 2.03. The number of amides is 1. The molecule has 1 amide bonds. The van der Waals surface area contributed by atoms with Crippen molar-refractivity contribution in [2.24, 2.45) is 0 Å². The van der Waals surface area contributed by atoms with Gasteiger partial charge in [-0.2, -0.15) is 4.72 Å². The van der Waals surface area contributed by atoms with Crippen LogP contribution in [0.4, 0.5) is 5.69 Å². The van der Waals surface area contributed by atoms with Crippen molar-refractivity contribution in [3.8, 4) is 0 Å². The van der Waals surface area contributed by atoms with Crippen LogP contribution in [0.5, 0.6) is 0 Å². The van der Waals surface area contributed by atoms with E-state index >= 15 is 0 Å². The zero-order valence-corrected chi connectivity index (χ0v) is 12.5. The molecule has 0 aromatic heterocycles. The first-order chi connectivity index (χ1) is 9.31. The molecule has 1 unspecified atom stereocenters. The molecule has 0 radical (unpaired) electrons. The second-order valence-corrected chi connectivity index (χ2v) is 6.84. The number of aryl methyl sites for hydroxylation is 1. The highest BCUT2D eigenvalue weighted by Gasteiger charge is 2.29. The van der Waals surface area contributed by atoms with E-state index < -0.39 is 16.1 Å². The van der Waals surface area contributed by atoms with Gasteiger partial charge >= 0.3 is 0 Å². The molecular formula is C12H16ClN3O3S. The van der Waals surface area contributed by atoms with Gasteiger partial charge in [-0.25, -0.2) is 8.42 Å². The Hall–Kier alpha value is -1.31. The second kappa shape index (κ2) is 5.59. The monoisotopic (exact) mass is 317 g/mol. The number of hydrogen-bond acceptors (Lipinski definition) is 4. The van der Waals surface area contributed by atoms with E-state index in [0.717, 1.165) is 6.42 Å². The Morgan fingerprint density at radius 3 is 2.80 bits per heavy atom. The van der Waals surface area contributed by atoms with Crippen molar-refractivity contribution in [3.63, 3.8) is 0 Å². The van der Waals surface area contributed by atoms with Crippen LogP contribution in [0, 0.1) is 6.92 Å². The Morgan fingerprint density at radius 2 is 2.15 bits per heavy atom. The molecule has 1 atom stereocenters. The van der Waals surface area contributed by atoms with Crippen LogP contribution in [0.3, 0.4) is 0 Å². The molecule has 1 aliphatic heterocycles. The second-order valence-electron chi connectivity index (χ2n) is 4.75. The summed E-state index contributed by atoms with van der Waals surface area (Å²) >= 11 is 5.96. The maximum atomic E-state index is 12.3. The number of rotatable bonds is 3. The highest BCUT2D eigenvalue weighted by atomic mass is 35.5. The molecule has 1 aromatic rings. The lowest BCUT2D eigenvalue weighted by molar-refractivity contribution is -0.124. The quantitative estimate of drug-likeness (QED) is 0.717. The summed E-state index contributed by atoms with van der Waals surface area (Å²) < 4.78 is 27.0. The van der Waals surface area contributed by atoms with Gasteiger partial charge < -0.3 is 11.1 Å². The number of nitrogens with two attached hydrogens (primary N) is 1. The van der Waals surface area contributed by atoms with Crippen molar-refractivity contribution in [1.82, 2.24) is 10.0 Å². The summed E-state index contributed by atoms with van der Waals surface area (Å²) in [4.78, 5) is 11.5. The lowest BCUT2D eigenvalue weighted by Gasteiger charge is -2.23. The van der Waals surface area contributed by atoms with Crippen LogP contribution >= 0.6 is 11.6 Å². The molecule has 1 fully saturated rings. The number of nitrogens with one attached hydrogen (secondary N) is 2. The number of nitrogen functional groups attached to an aromatic ring is 1. The van der Waals surface area contributed by atoms with Crippen LogP contribution in [0.1, 0.15) is 18.4 Å². The normalized spacial score (nSPS) is 19.7. The summed E-state index contributed by atoms with van der Waals surface area (Å²) in [6.07, 6.45) is 1.19. The Morgan fingerprint density at radius 1 is 1.45 bits per heavy atom. The SMILES string of the molecule is Cc1cc(Cl)c(S(=O)(=O)NC2CCCNC2=O)cc1N. The number of carbonyl (C=O) groups excluding carboxylic acids is 1. The van der Waals surface area contributed by atoms with E-state index in [2.05, 4.69) is 10.0 Å². The van der Waals surface area contributed by atoms with Gasteiger partial charge in [0.25, 0.3) is 0 Å². The topological polar surface area (TPSA) is 101 Å². The zero-order valence-electron chi connectivity index (χ0n) is 10.9. The number of anilines is 1. The highest BCUT2D eigenvalue weighted by Crippen LogP contribution is 2.27. The molecule has 110 valence electrons. The van der Waals surface area contributed by atoms with E-state index in [0.29, 0.717) is 24.2 Å². The van der Waals surface area contributed by atoms with Crippen LogP contribution in [-0.2, 0) is 14.8 Å². The maximum Gasteiger partial charge on any atom is 0.242 e.